The Labute approximate surface area is 123 Å². The van der Waals surface area contributed by atoms with Gasteiger partial charge in [0.1, 0.15) is 5.69 Å². The summed E-state index contributed by atoms with van der Waals surface area (Å²) in [5, 5.41) is 11.2. The predicted molar refractivity (Wildman–Crippen MR) is 79.3 cm³/mol. The molecule has 0 aromatic heterocycles. The van der Waals surface area contributed by atoms with E-state index in [4.69, 9.17) is 5.73 Å². The van der Waals surface area contributed by atoms with Gasteiger partial charge in [0.15, 0.2) is 4.90 Å². The lowest BCUT2D eigenvalue weighted by molar-refractivity contribution is -0.386. The fraction of sp³-hybridized carbons (Fsp3) is 0.538. The SMILES string of the molecule is CCC1CCC(C)N1S(=O)(=O)c1cccc(N)c1[N+](=O)[O-]. The first-order chi connectivity index (χ1) is 9.80. The minimum atomic E-state index is -3.94. The van der Waals surface area contributed by atoms with Crippen molar-refractivity contribution in [2.45, 2.75) is 50.1 Å². The number of nitrogens with two attached hydrogens (primary N) is 1. The summed E-state index contributed by atoms with van der Waals surface area (Å²) in [7, 11) is -3.94. The van der Waals surface area contributed by atoms with Gasteiger partial charge in [-0.25, -0.2) is 8.42 Å². The van der Waals surface area contributed by atoms with Gasteiger partial charge in [-0.05, 0) is 38.3 Å². The van der Waals surface area contributed by atoms with Gasteiger partial charge in [0, 0.05) is 12.1 Å². The Morgan fingerprint density at radius 2 is 2.10 bits per heavy atom. The van der Waals surface area contributed by atoms with E-state index >= 15 is 0 Å². The first-order valence-electron chi connectivity index (χ1n) is 6.87. The lowest BCUT2D eigenvalue weighted by atomic mass is 10.2. The summed E-state index contributed by atoms with van der Waals surface area (Å²) >= 11 is 0. The van der Waals surface area contributed by atoms with Gasteiger partial charge in [-0.3, -0.25) is 10.1 Å². The highest BCUT2D eigenvalue weighted by molar-refractivity contribution is 7.89. The number of anilines is 1. The van der Waals surface area contributed by atoms with E-state index < -0.39 is 20.6 Å². The van der Waals surface area contributed by atoms with Crippen LogP contribution in [-0.2, 0) is 10.0 Å². The molecule has 0 saturated carbocycles. The second kappa shape index (κ2) is 5.61. The van der Waals surface area contributed by atoms with E-state index in [9.17, 15) is 18.5 Å². The molecule has 2 atom stereocenters. The van der Waals surface area contributed by atoms with E-state index in [1.165, 1.54) is 22.5 Å². The zero-order valence-corrected chi connectivity index (χ0v) is 12.8. The third kappa shape index (κ3) is 2.60. The lowest BCUT2D eigenvalue weighted by Gasteiger charge is -2.26. The first kappa shape index (κ1) is 15.7. The summed E-state index contributed by atoms with van der Waals surface area (Å²) in [6.07, 6.45) is 2.21. The van der Waals surface area contributed by atoms with Crippen LogP contribution >= 0.6 is 0 Å². The summed E-state index contributed by atoms with van der Waals surface area (Å²) in [5.74, 6) is 0. The molecule has 0 bridgehead atoms. The number of nitrogen functional groups attached to an aromatic ring is 1. The van der Waals surface area contributed by atoms with Crippen molar-refractivity contribution in [1.29, 1.82) is 0 Å². The van der Waals surface area contributed by atoms with Crippen molar-refractivity contribution in [2.75, 3.05) is 5.73 Å². The Bertz CT molecular complexity index is 659. The molecule has 0 aliphatic carbocycles. The standard InChI is InChI=1S/C13H19N3O4S/c1-3-10-8-7-9(2)15(10)21(19,20)12-6-4-5-11(14)13(12)16(17)18/h4-6,9-10H,3,7-8,14H2,1-2H3. The minimum absolute atomic E-state index is 0.119. The molecule has 0 amide bonds. The van der Waals surface area contributed by atoms with Crippen LogP contribution in [0.5, 0.6) is 0 Å². The summed E-state index contributed by atoms with van der Waals surface area (Å²) in [4.78, 5) is 10.1. The molecule has 1 saturated heterocycles. The summed E-state index contributed by atoms with van der Waals surface area (Å²) in [5.41, 5.74) is 4.92. The zero-order valence-electron chi connectivity index (χ0n) is 12.0. The smallest absolute Gasteiger partial charge is 0.312 e. The van der Waals surface area contributed by atoms with Crippen LogP contribution in [0.4, 0.5) is 11.4 Å². The highest BCUT2D eigenvalue weighted by atomic mass is 32.2. The molecule has 1 aromatic rings. The molecule has 1 aliphatic rings. The third-order valence-corrected chi connectivity index (χ3v) is 6.05. The summed E-state index contributed by atoms with van der Waals surface area (Å²) in [6.45, 7) is 3.74. The van der Waals surface area contributed by atoms with Crippen LogP contribution in [0.25, 0.3) is 0 Å². The molecule has 1 fully saturated rings. The molecule has 21 heavy (non-hydrogen) atoms. The van der Waals surface area contributed by atoms with Crippen molar-refractivity contribution in [1.82, 2.24) is 4.31 Å². The fourth-order valence-corrected chi connectivity index (χ4v) is 5.06. The lowest BCUT2D eigenvalue weighted by Crippen LogP contribution is -2.39. The normalized spacial score (nSPS) is 23.3. The fourth-order valence-electron chi connectivity index (χ4n) is 2.92. The van der Waals surface area contributed by atoms with E-state index in [1.807, 2.05) is 13.8 Å². The molecule has 1 aliphatic heterocycles. The van der Waals surface area contributed by atoms with Crippen LogP contribution < -0.4 is 5.73 Å². The van der Waals surface area contributed by atoms with Crippen molar-refractivity contribution in [3.63, 3.8) is 0 Å². The maximum absolute atomic E-state index is 12.9. The van der Waals surface area contributed by atoms with Crippen molar-refractivity contribution in [3.05, 3.63) is 28.3 Å². The number of nitro benzene ring substituents is 1. The zero-order chi connectivity index (χ0) is 15.8. The van der Waals surface area contributed by atoms with Gasteiger partial charge in [0.05, 0.1) is 4.92 Å². The predicted octanol–water partition coefficient (Wildman–Crippen LogP) is 2.13. The number of hydrogen-bond acceptors (Lipinski definition) is 5. The molecule has 1 heterocycles. The van der Waals surface area contributed by atoms with Crippen molar-refractivity contribution >= 4 is 21.4 Å². The van der Waals surface area contributed by atoms with E-state index in [2.05, 4.69) is 0 Å². The van der Waals surface area contributed by atoms with Gasteiger partial charge in [-0.15, -0.1) is 0 Å². The number of nitro groups is 1. The topological polar surface area (TPSA) is 107 Å². The molecule has 2 unspecified atom stereocenters. The highest BCUT2D eigenvalue weighted by Crippen LogP contribution is 2.37. The number of para-hydroxylation sites is 1. The van der Waals surface area contributed by atoms with E-state index in [0.717, 1.165) is 12.8 Å². The average molecular weight is 313 g/mol. The van der Waals surface area contributed by atoms with Crippen molar-refractivity contribution < 1.29 is 13.3 Å². The Morgan fingerprint density at radius 3 is 2.67 bits per heavy atom. The van der Waals surface area contributed by atoms with Crippen LogP contribution in [0.1, 0.15) is 33.1 Å². The third-order valence-electron chi connectivity index (χ3n) is 3.95. The Hall–Kier alpha value is -1.67. The monoisotopic (exact) mass is 313 g/mol. The molecule has 1 aromatic carbocycles. The summed E-state index contributed by atoms with van der Waals surface area (Å²) < 4.78 is 27.1. The van der Waals surface area contributed by atoms with Gasteiger partial charge in [-0.2, -0.15) is 4.31 Å². The molecule has 0 spiro atoms. The summed E-state index contributed by atoms with van der Waals surface area (Å²) in [6, 6.07) is 3.73. The van der Waals surface area contributed by atoms with E-state index in [1.54, 1.807) is 0 Å². The van der Waals surface area contributed by atoms with Gasteiger partial charge >= 0.3 is 5.69 Å². The van der Waals surface area contributed by atoms with Gasteiger partial charge in [0.2, 0.25) is 10.0 Å². The minimum Gasteiger partial charge on any atom is -0.393 e. The number of benzene rings is 1. The average Bonchev–Trinajstić information content (AvgIpc) is 2.79. The molecule has 0 radical (unpaired) electrons. The Balaban J connectivity index is 2.60. The molecule has 2 rings (SSSR count). The molecular formula is C13H19N3O4S. The van der Waals surface area contributed by atoms with Crippen LogP contribution in [0.15, 0.2) is 23.1 Å². The second-order valence-corrected chi connectivity index (χ2v) is 7.09. The first-order valence-corrected chi connectivity index (χ1v) is 8.31. The number of sulfonamides is 1. The number of nitrogens with zero attached hydrogens (tertiary/aromatic N) is 2. The quantitative estimate of drug-likeness (QED) is 0.520. The van der Waals surface area contributed by atoms with Crippen molar-refractivity contribution in [2.24, 2.45) is 0 Å². The molecule has 116 valence electrons. The maximum Gasteiger partial charge on any atom is 0.312 e. The Kier molecular flexibility index (Phi) is 4.20. The molecule has 8 heteroatoms. The van der Waals surface area contributed by atoms with Crippen LogP contribution in [-0.4, -0.2) is 29.7 Å². The van der Waals surface area contributed by atoms with Gasteiger partial charge in [0.25, 0.3) is 0 Å². The van der Waals surface area contributed by atoms with Crippen molar-refractivity contribution in [3.8, 4) is 0 Å². The maximum atomic E-state index is 12.9. The van der Waals surface area contributed by atoms with E-state index in [0.29, 0.717) is 6.42 Å². The largest absolute Gasteiger partial charge is 0.393 e. The van der Waals surface area contributed by atoms with Gasteiger partial charge < -0.3 is 5.73 Å². The second-order valence-electron chi connectivity index (χ2n) is 5.27. The highest BCUT2D eigenvalue weighted by Gasteiger charge is 2.42. The number of hydrogen-bond donors (Lipinski definition) is 1. The van der Waals surface area contributed by atoms with Gasteiger partial charge in [-0.1, -0.05) is 13.0 Å². The Morgan fingerprint density at radius 1 is 1.43 bits per heavy atom. The van der Waals surface area contributed by atoms with Crippen LogP contribution in [0.2, 0.25) is 0 Å². The van der Waals surface area contributed by atoms with Crippen LogP contribution in [0, 0.1) is 10.1 Å². The molecular weight excluding hydrogens is 294 g/mol. The number of rotatable bonds is 4. The molecule has 2 N–H and O–H groups in total. The van der Waals surface area contributed by atoms with E-state index in [-0.39, 0.29) is 22.7 Å². The van der Waals surface area contributed by atoms with Crippen LogP contribution in [0.3, 0.4) is 0 Å². The molecule has 7 nitrogen and oxygen atoms in total.